The van der Waals surface area contributed by atoms with Gasteiger partial charge in [-0.05, 0) is 17.7 Å². The molecule has 0 unspecified atom stereocenters. The summed E-state index contributed by atoms with van der Waals surface area (Å²) in [5.74, 6) is 0.731. The van der Waals surface area contributed by atoms with E-state index < -0.39 is 0 Å². The zero-order chi connectivity index (χ0) is 11.5. The van der Waals surface area contributed by atoms with E-state index in [4.69, 9.17) is 11.6 Å². The van der Waals surface area contributed by atoms with E-state index in [2.05, 4.69) is 36.8 Å². The van der Waals surface area contributed by atoms with Crippen LogP contribution in [0.5, 0.6) is 0 Å². The molecule has 0 fully saturated rings. The number of hydrogen-bond donors (Lipinski definition) is 0. The molecule has 16 heavy (non-hydrogen) atoms. The van der Waals surface area contributed by atoms with Gasteiger partial charge in [0.2, 0.25) is 0 Å². The SMILES string of the molecule is CN(Cc1ccc(Br)cc1)c1nsnc1Cl. The number of aromatic nitrogens is 2. The lowest BCUT2D eigenvalue weighted by Crippen LogP contribution is -2.16. The molecule has 0 radical (unpaired) electrons. The van der Waals surface area contributed by atoms with Crippen LogP contribution >= 0.6 is 39.3 Å². The summed E-state index contributed by atoms with van der Waals surface area (Å²) < 4.78 is 9.16. The minimum Gasteiger partial charge on any atom is -0.352 e. The molecule has 1 aromatic heterocycles. The molecule has 0 aliphatic carbocycles. The highest BCUT2D eigenvalue weighted by Gasteiger charge is 2.10. The molecule has 0 atom stereocenters. The Morgan fingerprint density at radius 3 is 2.56 bits per heavy atom. The van der Waals surface area contributed by atoms with Gasteiger partial charge in [0.15, 0.2) is 11.0 Å². The highest BCUT2D eigenvalue weighted by molar-refractivity contribution is 9.10. The van der Waals surface area contributed by atoms with Crippen molar-refractivity contribution in [2.24, 2.45) is 0 Å². The highest BCUT2D eigenvalue weighted by Crippen LogP contribution is 2.23. The van der Waals surface area contributed by atoms with Crippen LogP contribution in [-0.2, 0) is 6.54 Å². The monoisotopic (exact) mass is 317 g/mol. The Bertz CT molecular complexity index is 471. The van der Waals surface area contributed by atoms with Crippen molar-refractivity contribution in [2.75, 3.05) is 11.9 Å². The van der Waals surface area contributed by atoms with Crippen molar-refractivity contribution in [1.82, 2.24) is 8.75 Å². The Morgan fingerprint density at radius 2 is 2.00 bits per heavy atom. The summed E-state index contributed by atoms with van der Waals surface area (Å²) >= 11 is 10.4. The van der Waals surface area contributed by atoms with Crippen LogP contribution in [0.3, 0.4) is 0 Å². The third kappa shape index (κ3) is 2.72. The molecular weight excluding hydrogens is 310 g/mol. The fourth-order valence-corrected chi connectivity index (χ4v) is 2.43. The summed E-state index contributed by atoms with van der Waals surface area (Å²) in [7, 11) is 1.95. The van der Waals surface area contributed by atoms with Gasteiger partial charge < -0.3 is 4.90 Å². The molecule has 2 rings (SSSR count). The van der Waals surface area contributed by atoms with Crippen molar-refractivity contribution in [2.45, 2.75) is 6.54 Å². The first kappa shape index (κ1) is 11.8. The second-order valence-corrected chi connectivity index (χ2v) is 5.16. The van der Waals surface area contributed by atoms with E-state index in [0.717, 1.165) is 28.6 Å². The van der Waals surface area contributed by atoms with Crippen molar-refractivity contribution in [3.8, 4) is 0 Å². The van der Waals surface area contributed by atoms with Gasteiger partial charge in [-0.2, -0.15) is 8.75 Å². The maximum atomic E-state index is 5.91. The standard InChI is InChI=1S/C10H9BrClN3S/c1-15(10-9(12)13-16-14-10)6-7-2-4-8(11)5-3-7/h2-5H,6H2,1H3. The van der Waals surface area contributed by atoms with Crippen molar-refractivity contribution in [3.05, 3.63) is 39.5 Å². The topological polar surface area (TPSA) is 29.0 Å². The Balaban J connectivity index is 2.10. The number of rotatable bonds is 3. The van der Waals surface area contributed by atoms with Crippen LogP contribution in [-0.4, -0.2) is 15.8 Å². The molecule has 1 aromatic carbocycles. The van der Waals surface area contributed by atoms with E-state index in [0.29, 0.717) is 5.15 Å². The molecule has 84 valence electrons. The third-order valence-corrected chi connectivity index (χ3v) is 3.53. The first-order valence-electron chi connectivity index (χ1n) is 4.60. The van der Waals surface area contributed by atoms with Crippen molar-refractivity contribution >= 4 is 45.1 Å². The zero-order valence-electron chi connectivity index (χ0n) is 8.52. The Kier molecular flexibility index (Phi) is 3.78. The van der Waals surface area contributed by atoms with E-state index in [1.165, 1.54) is 5.56 Å². The summed E-state index contributed by atoms with van der Waals surface area (Å²) in [6.45, 7) is 0.762. The zero-order valence-corrected chi connectivity index (χ0v) is 11.7. The van der Waals surface area contributed by atoms with Gasteiger partial charge >= 0.3 is 0 Å². The van der Waals surface area contributed by atoms with Crippen LogP contribution in [0, 0.1) is 0 Å². The molecule has 0 N–H and O–H groups in total. The lowest BCUT2D eigenvalue weighted by molar-refractivity contribution is 0.907. The molecule has 0 aliphatic heterocycles. The minimum atomic E-state index is 0.463. The molecule has 0 aliphatic rings. The third-order valence-electron chi connectivity index (χ3n) is 2.13. The van der Waals surface area contributed by atoms with E-state index in [9.17, 15) is 0 Å². The van der Waals surface area contributed by atoms with Crippen molar-refractivity contribution in [3.63, 3.8) is 0 Å². The van der Waals surface area contributed by atoms with Crippen molar-refractivity contribution in [1.29, 1.82) is 0 Å². The lowest BCUT2D eigenvalue weighted by Gasteiger charge is -2.16. The fraction of sp³-hybridized carbons (Fsp3) is 0.200. The molecule has 1 heterocycles. The predicted octanol–water partition coefficient (Wildman–Crippen LogP) is 3.59. The Morgan fingerprint density at radius 1 is 1.31 bits per heavy atom. The summed E-state index contributed by atoms with van der Waals surface area (Å²) in [5.41, 5.74) is 1.20. The summed E-state index contributed by atoms with van der Waals surface area (Å²) in [4.78, 5) is 1.98. The molecule has 0 bridgehead atoms. The van der Waals surface area contributed by atoms with Crippen LogP contribution in [0.25, 0.3) is 0 Å². The van der Waals surface area contributed by atoms with Gasteiger partial charge in [0.25, 0.3) is 0 Å². The van der Waals surface area contributed by atoms with Crippen LogP contribution in [0.1, 0.15) is 5.56 Å². The van der Waals surface area contributed by atoms with Crippen LogP contribution in [0.15, 0.2) is 28.7 Å². The van der Waals surface area contributed by atoms with E-state index in [-0.39, 0.29) is 0 Å². The van der Waals surface area contributed by atoms with Crippen molar-refractivity contribution < 1.29 is 0 Å². The molecular formula is C10H9BrClN3S. The quantitative estimate of drug-likeness (QED) is 0.866. The molecule has 0 saturated heterocycles. The fourth-order valence-electron chi connectivity index (χ4n) is 1.34. The van der Waals surface area contributed by atoms with E-state index >= 15 is 0 Å². The van der Waals surface area contributed by atoms with Gasteiger partial charge in [-0.3, -0.25) is 0 Å². The lowest BCUT2D eigenvalue weighted by atomic mass is 10.2. The highest BCUT2D eigenvalue weighted by atomic mass is 79.9. The van der Waals surface area contributed by atoms with Gasteiger partial charge in [-0.15, -0.1) is 0 Å². The maximum absolute atomic E-state index is 5.91. The van der Waals surface area contributed by atoms with Crippen LogP contribution in [0.4, 0.5) is 5.82 Å². The second-order valence-electron chi connectivity index (χ2n) is 3.36. The average molecular weight is 319 g/mol. The smallest absolute Gasteiger partial charge is 0.187 e. The number of hydrogen-bond acceptors (Lipinski definition) is 4. The first-order chi connectivity index (χ1) is 7.66. The van der Waals surface area contributed by atoms with Gasteiger partial charge in [-0.25, -0.2) is 0 Å². The van der Waals surface area contributed by atoms with Gasteiger partial charge in [0.05, 0.1) is 11.7 Å². The number of benzene rings is 1. The predicted molar refractivity (Wildman–Crippen MR) is 71.2 cm³/mol. The number of nitrogens with zero attached hydrogens (tertiary/aromatic N) is 3. The minimum absolute atomic E-state index is 0.463. The first-order valence-corrected chi connectivity index (χ1v) is 6.50. The van der Waals surface area contributed by atoms with Crippen LogP contribution < -0.4 is 4.90 Å². The Hall–Kier alpha value is -0.650. The van der Waals surface area contributed by atoms with Gasteiger partial charge in [0, 0.05) is 18.1 Å². The molecule has 0 saturated carbocycles. The normalized spacial score (nSPS) is 10.4. The summed E-state index contributed by atoms with van der Waals surface area (Å²) in [6, 6.07) is 8.16. The van der Waals surface area contributed by atoms with Crippen LogP contribution in [0.2, 0.25) is 5.15 Å². The molecule has 2 aromatic rings. The van der Waals surface area contributed by atoms with E-state index in [1.54, 1.807) is 0 Å². The van der Waals surface area contributed by atoms with Gasteiger partial charge in [-0.1, -0.05) is 39.7 Å². The molecule has 0 amide bonds. The summed E-state index contributed by atoms with van der Waals surface area (Å²) in [6.07, 6.45) is 0. The largest absolute Gasteiger partial charge is 0.352 e. The summed E-state index contributed by atoms with van der Waals surface area (Å²) in [5, 5.41) is 0.463. The number of anilines is 1. The Labute approximate surface area is 112 Å². The molecule has 0 spiro atoms. The van der Waals surface area contributed by atoms with E-state index in [1.807, 2.05) is 24.1 Å². The molecule has 6 heteroatoms. The average Bonchev–Trinajstić information content (AvgIpc) is 2.68. The second kappa shape index (κ2) is 5.12. The molecule has 3 nitrogen and oxygen atoms in total. The maximum Gasteiger partial charge on any atom is 0.187 e. The number of halogens is 2. The van der Waals surface area contributed by atoms with Gasteiger partial charge in [0.1, 0.15) is 0 Å².